The second-order valence-corrected chi connectivity index (χ2v) is 6.56. The van der Waals surface area contributed by atoms with Gasteiger partial charge in [0.1, 0.15) is 5.75 Å². The number of amides is 2. The lowest BCUT2D eigenvalue weighted by Gasteiger charge is -2.20. The Morgan fingerprint density at radius 2 is 1.72 bits per heavy atom. The van der Waals surface area contributed by atoms with Crippen molar-refractivity contribution in [2.75, 3.05) is 7.05 Å². The number of hydrogen-bond acceptors (Lipinski definition) is 2. The van der Waals surface area contributed by atoms with E-state index in [9.17, 15) is 13.6 Å². The van der Waals surface area contributed by atoms with E-state index in [2.05, 4.69) is 10.1 Å². The number of rotatable bonds is 7. The van der Waals surface area contributed by atoms with Gasteiger partial charge >= 0.3 is 12.6 Å². The van der Waals surface area contributed by atoms with E-state index in [0.717, 1.165) is 16.7 Å². The zero-order valence-electron chi connectivity index (χ0n) is 16.0. The van der Waals surface area contributed by atoms with E-state index in [4.69, 9.17) is 0 Å². The van der Waals surface area contributed by atoms with Gasteiger partial charge in [-0.1, -0.05) is 66.7 Å². The summed E-state index contributed by atoms with van der Waals surface area (Å²) in [6.07, 6.45) is 0. The van der Waals surface area contributed by atoms with Crippen LogP contribution in [-0.2, 0) is 13.1 Å². The molecule has 0 radical (unpaired) electrons. The van der Waals surface area contributed by atoms with Crippen molar-refractivity contribution in [3.05, 3.63) is 90.0 Å². The van der Waals surface area contributed by atoms with Gasteiger partial charge in [-0.3, -0.25) is 0 Å². The molecule has 0 saturated heterocycles. The lowest BCUT2D eigenvalue weighted by Crippen LogP contribution is -2.36. The number of urea groups is 1. The normalized spacial score (nSPS) is 10.6. The molecule has 4 nitrogen and oxygen atoms in total. The molecule has 0 aromatic heterocycles. The van der Waals surface area contributed by atoms with Crippen LogP contribution in [0.3, 0.4) is 0 Å². The Balaban J connectivity index is 1.62. The number of nitrogens with one attached hydrogen (secondary N) is 1. The average molecular weight is 396 g/mol. The number of carbonyl (C=O) groups excluding carboxylic acids is 1. The van der Waals surface area contributed by atoms with Crippen molar-refractivity contribution in [1.29, 1.82) is 0 Å². The Hall–Kier alpha value is -3.41. The fourth-order valence-electron chi connectivity index (χ4n) is 3.03. The van der Waals surface area contributed by atoms with Gasteiger partial charge < -0.3 is 15.0 Å². The van der Waals surface area contributed by atoms with Crippen LogP contribution in [0.4, 0.5) is 13.6 Å². The second-order valence-electron chi connectivity index (χ2n) is 6.56. The Morgan fingerprint density at radius 1 is 1.00 bits per heavy atom. The van der Waals surface area contributed by atoms with Gasteiger partial charge in [-0.15, -0.1) is 0 Å². The molecule has 0 spiro atoms. The number of nitrogens with zero attached hydrogens (tertiary/aromatic N) is 1. The minimum Gasteiger partial charge on any atom is -0.435 e. The van der Waals surface area contributed by atoms with Crippen molar-refractivity contribution in [2.45, 2.75) is 19.7 Å². The number of carbonyl (C=O) groups is 1. The third-order valence-electron chi connectivity index (χ3n) is 4.42. The van der Waals surface area contributed by atoms with Crippen LogP contribution in [0.25, 0.3) is 11.1 Å². The molecule has 150 valence electrons. The third-order valence-corrected chi connectivity index (χ3v) is 4.42. The Morgan fingerprint density at radius 3 is 2.48 bits per heavy atom. The number of ether oxygens (including phenoxy) is 1. The van der Waals surface area contributed by atoms with E-state index >= 15 is 0 Å². The second kappa shape index (κ2) is 9.68. The Labute approximate surface area is 168 Å². The van der Waals surface area contributed by atoms with E-state index in [1.54, 1.807) is 24.1 Å². The molecule has 3 rings (SSSR count). The molecule has 0 saturated carbocycles. The van der Waals surface area contributed by atoms with E-state index in [0.29, 0.717) is 12.1 Å². The van der Waals surface area contributed by atoms with Crippen molar-refractivity contribution < 1.29 is 18.3 Å². The summed E-state index contributed by atoms with van der Waals surface area (Å²) < 4.78 is 29.1. The molecule has 0 heterocycles. The number of benzene rings is 3. The maximum absolute atomic E-state index is 12.5. The van der Waals surface area contributed by atoms with Crippen molar-refractivity contribution in [1.82, 2.24) is 10.2 Å². The van der Waals surface area contributed by atoms with Gasteiger partial charge in [0, 0.05) is 20.1 Å². The smallest absolute Gasteiger partial charge is 0.387 e. The summed E-state index contributed by atoms with van der Waals surface area (Å²) >= 11 is 0. The summed E-state index contributed by atoms with van der Waals surface area (Å²) in [7, 11) is 1.72. The Bertz CT molecular complexity index is 948. The molecular weight excluding hydrogens is 374 g/mol. The van der Waals surface area contributed by atoms with Crippen molar-refractivity contribution >= 4 is 6.03 Å². The molecule has 3 aromatic carbocycles. The van der Waals surface area contributed by atoms with Crippen LogP contribution in [0.5, 0.6) is 5.75 Å². The van der Waals surface area contributed by atoms with Crippen LogP contribution in [-0.4, -0.2) is 24.6 Å². The van der Waals surface area contributed by atoms with Crippen LogP contribution in [0, 0.1) is 0 Å². The first-order valence-corrected chi connectivity index (χ1v) is 9.19. The first-order valence-electron chi connectivity index (χ1n) is 9.19. The highest BCUT2D eigenvalue weighted by Gasteiger charge is 2.12. The quantitative estimate of drug-likeness (QED) is 0.589. The lowest BCUT2D eigenvalue weighted by atomic mass is 9.99. The molecule has 29 heavy (non-hydrogen) atoms. The van der Waals surface area contributed by atoms with Crippen LogP contribution in [0.1, 0.15) is 11.1 Å². The van der Waals surface area contributed by atoms with Gasteiger partial charge in [-0.05, 0) is 34.4 Å². The summed E-state index contributed by atoms with van der Waals surface area (Å²) in [5.74, 6) is 0.0666. The average Bonchev–Trinajstić information content (AvgIpc) is 2.73. The lowest BCUT2D eigenvalue weighted by molar-refractivity contribution is -0.0498. The van der Waals surface area contributed by atoms with Gasteiger partial charge in [0.2, 0.25) is 0 Å². The molecule has 0 aliphatic rings. The van der Waals surface area contributed by atoms with Crippen LogP contribution >= 0.6 is 0 Å². The number of halogens is 2. The summed E-state index contributed by atoms with van der Waals surface area (Å²) in [6.45, 7) is -2.23. The summed E-state index contributed by atoms with van der Waals surface area (Å²) in [6, 6.07) is 24.0. The zero-order chi connectivity index (χ0) is 20.6. The van der Waals surface area contributed by atoms with Crippen LogP contribution in [0.2, 0.25) is 0 Å². The van der Waals surface area contributed by atoms with E-state index in [1.165, 1.54) is 12.1 Å². The molecule has 6 heteroatoms. The highest BCUT2D eigenvalue weighted by atomic mass is 19.3. The topological polar surface area (TPSA) is 41.6 Å². The maximum atomic E-state index is 12.5. The number of hydrogen-bond donors (Lipinski definition) is 1. The summed E-state index contributed by atoms with van der Waals surface area (Å²) in [5, 5.41) is 2.80. The van der Waals surface area contributed by atoms with Crippen LogP contribution < -0.4 is 10.1 Å². The molecule has 0 unspecified atom stereocenters. The number of alkyl halides is 2. The third kappa shape index (κ3) is 5.78. The van der Waals surface area contributed by atoms with E-state index < -0.39 is 6.61 Å². The molecule has 2 amide bonds. The van der Waals surface area contributed by atoms with Gasteiger partial charge in [-0.2, -0.15) is 8.78 Å². The van der Waals surface area contributed by atoms with E-state index in [-0.39, 0.29) is 18.3 Å². The molecule has 0 atom stereocenters. The fraction of sp³-hybridized carbons (Fsp3) is 0.174. The van der Waals surface area contributed by atoms with Crippen molar-refractivity contribution in [3.63, 3.8) is 0 Å². The molecule has 1 N–H and O–H groups in total. The molecule has 3 aromatic rings. The molecule has 0 fully saturated rings. The monoisotopic (exact) mass is 396 g/mol. The summed E-state index contributed by atoms with van der Waals surface area (Å²) in [4.78, 5) is 14.1. The van der Waals surface area contributed by atoms with Crippen molar-refractivity contribution in [2.24, 2.45) is 0 Å². The minimum atomic E-state index is -2.88. The first kappa shape index (κ1) is 20.3. The highest BCUT2D eigenvalue weighted by molar-refractivity contribution is 5.75. The maximum Gasteiger partial charge on any atom is 0.387 e. The molecule has 0 aliphatic heterocycles. The fourth-order valence-corrected chi connectivity index (χ4v) is 3.03. The molecule has 0 bridgehead atoms. The molecule has 0 aliphatic carbocycles. The van der Waals surface area contributed by atoms with Crippen LogP contribution in [0.15, 0.2) is 78.9 Å². The largest absolute Gasteiger partial charge is 0.435 e. The van der Waals surface area contributed by atoms with Gasteiger partial charge in [0.05, 0.1) is 0 Å². The first-order chi connectivity index (χ1) is 14.0. The minimum absolute atomic E-state index is 0.0666. The Kier molecular flexibility index (Phi) is 6.79. The van der Waals surface area contributed by atoms with Gasteiger partial charge in [-0.25, -0.2) is 4.79 Å². The SMILES string of the molecule is CN(Cc1ccccc1-c1ccccc1)C(=O)NCc1cccc(OC(F)F)c1. The van der Waals surface area contributed by atoms with Gasteiger partial charge in [0.15, 0.2) is 0 Å². The zero-order valence-corrected chi connectivity index (χ0v) is 16.0. The molecular formula is C23H22F2N2O2. The summed E-state index contributed by atoms with van der Waals surface area (Å²) in [5.41, 5.74) is 3.87. The van der Waals surface area contributed by atoms with E-state index in [1.807, 2.05) is 54.6 Å². The standard InChI is InChI=1S/C23H22F2N2O2/c1-27(16-19-11-5-6-13-21(19)18-9-3-2-4-10-18)23(28)26-15-17-8-7-12-20(14-17)29-22(24)25/h2-14,22H,15-16H2,1H3,(H,26,28). The van der Waals surface area contributed by atoms with Crippen molar-refractivity contribution in [3.8, 4) is 16.9 Å². The van der Waals surface area contributed by atoms with Gasteiger partial charge in [0.25, 0.3) is 0 Å². The predicted molar refractivity (Wildman–Crippen MR) is 109 cm³/mol. The highest BCUT2D eigenvalue weighted by Crippen LogP contribution is 2.24. The predicted octanol–water partition coefficient (Wildman–Crippen LogP) is 5.30.